The molecular formula is C16H24N2O2. The molecule has 0 bridgehead atoms. The van der Waals surface area contributed by atoms with Gasteiger partial charge in [-0.1, -0.05) is 18.2 Å². The number of fused-ring (bicyclic) bond motifs is 1. The number of nitrogens with one attached hydrogen (secondary N) is 1. The maximum absolute atomic E-state index is 12.8. The number of carbonyl (C=O) groups is 1. The number of carbonyl (C=O) groups excluding carboxylic acids is 1. The molecule has 0 aromatic heterocycles. The molecule has 1 heterocycles. The molecule has 1 amide bonds. The number of aliphatic hydroxyl groups excluding tert-OH is 1. The number of benzene rings is 1. The van der Waals surface area contributed by atoms with Crippen LogP contribution in [0.2, 0.25) is 0 Å². The molecule has 1 aliphatic rings. The number of anilines is 1. The maximum Gasteiger partial charge on any atom is 0.230 e. The maximum atomic E-state index is 12.8. The zero-order valence-electron chi connectivity index (χ0n) is 12.7. The van der Waals surface area contributed by atoms with Crippen LogP contribution in [0.5, 0.6) is 0 Å². The molecule has 4 heteroatoms. The summed E-state index contributed by atoms with van der Waals surface area (Å²) >= 11 is 0. The first-order valence-corrected chi connectivity index (χ1v) is 7.11. The van der Waals surface area contributed by atoms with Crippen LogP contribution >= 0.6 is 0 Å². The Labute approximate surface area is 120 Å². The molecule has 0 saturated heterocycles. The molecule has 20 heavy (non-hydrogen) atoms. The molecule has 0 radical (unpaired) electrons. The summed E-state index contributed by atoms with van der Waals surface area (Å²) in [6.07, 6.45) is 0.779. The summed E-state index contributed by atoms with van der Waals surface area (Å²) in [5.74, 6) is -0.0666. The van der Waals surface area contributed by atoms with E-state index in [1.54, 1.807) is 11.9 Å². The summed E-state index contributed by atoms with van der Waals surface area (Å²) in [5.41, 5.74) is 1.55. The highest BCUT2D eigenvalue weighted by Crippen LogP contribution is 2.36. The Morgan fingerprint density at radius 2 is 2.10 bits per heavy atom. The fourth-order valence-corrected chi connectivity index (χ4v) is 2.61. The molecule has 0 fully saturated rings. The lowest BCUT2D eigenvalue weighted by Crippen LogP contribution is -2.50. The lowest BCUT2D eigenvalue weighted by Gasteiger charge is -2.39. The second kappa shape index (κ2) is 5.44. The van der Waals surface area contributed by atoms with Crippen LogP contribution in [0.15, 0.2) is 24.3 Å². The first-order chi connectivity index (χ1) is 9.36. The lowest BCUT2D eigenvalue weighted by atomic mass is 9.85. The predicted molar refractivity (Wildman–Crippen MR) is 80.8 cm³/mol. The second-order valence-electron chi connectivity index (χ2n) is 6.29. The molecule has 1 aromatic rings. The van der Waals surface area contributed by atoms with Gasteiger partial charge in [-0.3, -0.25) is 4.79 Å². The Balaban J connectivity index is 2.31. The summed E-state index contributed by atoms with van der Waals surface area (Å²) in [7, 11) is 1.77. The van der Waals surface area contributed by atoms with Crippen molar-refractivity contribution in [3.63, 3.8) is 0 Å². The van der Waals surface area contributed by atoms with E-state index in [0.717, 1.165) is 17.7 Å². The van der Waals surface area contributed by atoms with Gasteiger partial charge in [0.05, 0.1) is 18.1 Å². The third kappa shape index (κ3) is 2.66. The van der Waals surface area contributed by atoms with Crippen LogP contribution in [-0.2, 0) is 4.79 Å². The molecule has 1 aromatic carbocycles. The van der Waals surface area contributed by atoms with E-state index in [4.69, 9.17) is 0 Å². The average molecular weight is 276 g/mol. The van der Waals surface area contributed by atoms with Crippen molar-refractivity contribution in [2.75, 3.05) is 19.0 Å². The third-order valence-corrected chi connectivity index (χ3v) is 4.25. The van der Waals surface area contributed by atoms with E-state index in [9.17, 15) is 9.90 Å². The normalized spacial score (nSPS) is 21.9. The number of hydrogen-bond acceptors (Lipinski definition) is 3. The highest BCUT2D eigenvalue weighted by Gasteiger charge is 2.36. The van der Waals surface area contributed by atoms with Crippen LogP contribution in [0.4, 0.5) is 5.69 Å². The van der Waals surface area contributed by atoms with Gasteiger partial charge in [-0.05, 0) is 38.8 Å². The van der Waals surface area contributed by atoms with E-state index in [0.29, 0.717) is 0 Å². The molecule has 0 spiro atoms. The Bertz CT molecular complexity index is 499. The molecule has 0 saturated carbocycles. The number of nitrogens with zero attached hydrogens (tertiary/aromatic N) is 1. The summed E-state index contributed by atoms with van der Waals surface area (Å²) < 4.78 is 0. The van der Waals surface area contributed by atoms with Crippen molar-refractivity contribution in [2.45, 2.75) is 44.7 Å². The van der Waals surface area contributed by atoms with Gasteiger partial charge in [-0.15, -0.1) is 0 Å². The average Bonchev–Trinajstić information content (AvgIpc) is 2.44. The molecule has 2 rings (SSSR count). The van der Waals surface area contributed by atoms with Crippen molar-refractivity contribution in [3.8, 4) is 0 Å². The van der Waals surface area contributed by atoms with Gasteiger partial charge >= 0.3 is 0 Å². The standard InChI is InChI=1S/C16H24N2O2/c1-11-9-13(12-7-5-6-8-14(12)17-11)15(20)18(4)16(2,3)10-19/h5-8,11,13,17,19H,9-10H2,1-4H3. The van der Waals surface area contributed by atoms with Gasteiger partial charge in [0.25, 0.3) is 0 Å². The first-order valence-electron chi connectivity index (χ1n) is 7.11. The van der Waals surface area contributed by atoms with Crippen LogP contribution in [-0.4, -0.2) is 41.1 Å². The van der Waals surface area contributed by atoms with E-state index < -0.39 is 5.54 Å². The molecule has 2 unspecified atom stereocenters. The number of likely N-dealkylation sites (N-methyl/N-ethyl adjacent to an activating group) is 1. The molecule has 1 aliphatic heterocycles. The van der Waals surface area contributed by atoms with Crippen molar-refractivity contribution in [1.82, 2.24) is 4.90 Å². The van der Waals surface area contributed by atoms with Gasteiger partial charge in [-0.25, -0.2) is 0 Å². The van der Waals surface area contributed by atoms with Gasteiger partial charge in [0.15, 0.2) is 0 Å². The highest BCUT2D eigenvalue weighted by atomic mass is 16.3. The number of hydrogen-bond donors (Lipinski definition) is 2. The summed E-state index contributed by atoms with van der Waals surface area (Å²) in [6.45, 7) is 5.80. The van der Waals surface area contributed by atoms with Crippen LogP contribution in [0.25, 0.3) is 0 Å². The number of para-hydroxylation sites is 1. The summed E-state index contributed by atoms with van der Waals surface area (Å²) in [4.78, 5) is 14.5. The smallest absolute Gasteiger partial charge is 0.230 e. The van der Waals surface area contributed by atoms with Crippen molar-refractivity contribution in [1.29, 1.82) is 0 Å². The number of aliphatic hydroxyl groups is 1. The second-order valence-corrected chi connectivity index (χ2v) is 6.29. The minimum atomic E-state index is -0.542. The van der Waals surface area contributed by atoms with E-state index in [-0.39, 0.29) is 24.5 Å². The molecule has 2 atom stereocenters. The van der Waals surface area contributed by atoms with Crippen molar-refractivity contribution < 1.29 is 9.90 Å². The Hall–Kier alpha value is -1.55. The lowest BCUT2D eigenvalue weighted by molar-refractivity contribution is -0.138. The van der Waals surface area contributed by atoms with Crippen LogP contribution in [0.1, 0.15) is 38.7 Å². The Morgan fingerprint density at radius 3 is 2.75 bits per heavy atom. The molecule has 4 nitrogen and oxygen atoms in total. The zero-order valence-corrected chi connectivity index (χ0v) is 12.7. The molecule has 0 aliphatic carbocycles. The van der Waals surface area contributed by atoms with Gasteiger partial charge in [0.1, 0.15) is 0 Å². The van der Waals surface area contributed by atoms with Crippen molar-refractivity contribution in [2.24, 2.45) is 0 Å². The number of rotatable bonds is 3. The van der Waals surface area contributed by atoms with E-state index in [1.165, 1.54) is 0 Å². The van der Waals surface area contributed by atoms with Crippen LogP contribution in [0, 0.1) is 0 Å². The fraction of sp³-hybridized carbons (Fsp3) is 0.562. The topological polar surface area (TPSA) is 52.6 Å². The largest absolute Gasteiger partial charge is 0.394 e. The van der Waals surface area contributed by atoms with E-state index in [1.807, 2.05) is 38.1 Å². The predicted octanol–water partition coefficient (Wildman–Crippen LogP) is 2.20. The molecule has 110 valence electrons. The van der Waals surface area contributed by atoms with Gasteiger partial charge in [-0.2, -0.15) is 0 Å². The fourth-order valence-electron chi connectivity index (χ4n) is 2.61. The summed E-state index contributed by atoms with van der Waals surface area (Å²) in [5, 5.41) is 12.9. The van der Waals surface area contributed by atoms with Gasteiger partial charge < -0.3 is 15.3 Å². The van der Waals surface area contributed by atoms with Crippen molar-refractivity contribution in [3.05, 3.63) is 29.8 Å². The highest BCUT2D eigenvalue weighted by molar-refractivity contribution is 5.87. The van der Waals surface area contributed by atoms with Gasteiger partial charge in [0, 0.05) is 18.8 Å². The minimum absolute atomic E-state index is 0.0442. The van der Waals surface area contributed by atoms with Crippen LogP contribution < -0.4 is 5.32 Å². The quantitative estimate of drug-likeness (QED) is 0.890. The third-order valence-electron chi connectivity index (χ3n) is 4.25. The minimum Gasteiger partial charge on any atom is -0.394 e. The Morgan fingerprint density at radius 1 is 1.45 bits per heavy atom. The SMILES string of the molecule is CC1CC(C(=O)N(C)C(C)(C)CO)c2ccccc2N1. The first kappa shape index (κ1) is 14.9. The zero-order chi connectivity index (χ0) is 14.9. The van der Waals surface area contributed by atoms with E-state index >= 15 is 0 Å². The monoisotopic (exact) mass is 276 g/mol. The van der Waals surface area contributed by atoms with Gasteiger partial charge in [0.2, 0.25) is 5.91 Å². The number of amides is 1. The van der Waals surface area contributed by atoms with Crippen molar-refractivity contribution >= 4 is 11.6 Å². The van der Waals surface area contributed by atoms with Crippen LogP contribution in [0.3, 0.4) is 0 Å². The molecular weight excluding hydrogens is 252 g/mol. The summed E-state index contributed by atoms with van der Waals surface area (Å²) in [6, 6.07) is 8.24. The Kier molecular flexibility index (Phi) is 4.04. The van der Waals surface area contributed by atoms with E-state index in [2.05, 4.69) is 12.2 Å². The molecule has 2 N–H and O–H groups in total.